The molecule has 0 spiro atoms. The van der Waals surface area contributed by atoms with Crippen LogP contribution in [0.2, 0.25) is 0 Å². The summed E-state index contributed by atoms with van der Waals surface area (Å²) in [4.78, 5) is 15.1. The van der Waals surface area contributed by atoms with Crippen LogP contribution in [0, 0.1) is 0 Å². The lowest BCUT2D eigenvalue weighted by Crippen LogP contribution is -2.52. The molecule has 0 aromatic carbocycles. The van der Waals surface area contributed by atoms with Gasteiger partial charge in [-0.1, -0.05) is 6.07 Å². The van der Waals surface area contributed by atoms with Crippen LogP contribution >= 0.6 is 11.3 Å². The second-order valence-electron chi connectivity index (χ2n) is 5.26. The monoisotopic (exact) mass is 253 g/mol. The Morgan fingerprint density at radius 2 is 2.41 bits per heavy atom. The quantitative estimate of drug-likeness (QED) is 0.775. The molecule has 1 atom stereocenters. The average Bonchev–Trinajstić information content (AvgIpc) is 2.65. The van der Waals surface area contributed by atoms with Gasteiger partial charge in [0.2, 0.25) is 0 Å². The van der Waals surface area contributed by atoms with E-state index >= 15 is 0 Å². The van der Waals surface area contributed by atoms with Gasteiger partial charge < -0.3 is 4.74 Å². The minimum absolute atomic E-state index is 0.159. The zero-order valence-corrected chi connectivity index (χ0v) is 11.4. The number of carbonyl (C=O) groups excluding carboxylic acids is 1. The van der Waals surface area contributed by atoms with Crippen LogP contribution in [0.1, 0.15) is 30.4 Å². The second kappa shape index (κ2) is 4.88. The molecule has 3 nitrogen and oxygen atoms in total. The van der Waals surface area contributed by atoms with Crippen LogP contribution in [0.4, 0.5) is 0 Å². The van der Waals surface area contributed by atoms with Crippen LogP contribution in [-0.2, 0) is 4.74 Å². The summed E-state index contributed by atoms with van der Waals surface area (Å²) in [5, 5.41) is 1.94. The molecule has 94 valence electrons. The third kappa shape index (κ3) is 3.37. The van der Waals surface area contributed by atoms with Gasteiger partial charge in [0, 0.05) is 13.1 Å². The van der Waals surface area contributed by atoms with Gasteiger partial charge in [0.15, 0.2) is 5.78 Å². The molecule has 0 saturated carbocycles. The zero-order chi connectivity index (χ0) is 12.5. The van der Waals surface area contributed by atoms with Crippen molar-refractivity contribution in [2.75, 3.05) is 19.6 Å². The number of thiophene rings is 1. The van der Waals surface area contributed by atoms with E-state index in [1.54, 1.807) is 0 Å². The van der Waals surface area contributed by atoms with E-state index in [0.717, 1.165) is 18.0 Å². The Hall–Kier alpha value is -0.710. The van der Waals surface area contributed by atoms with Gasteiger partial charge in [-0.3, -0.25) is 9.69 Å². The van der Waals surface area contributed by atoms with Crippen molar-refractivity contribution in [3.8, 4) is 0 Å². The molecule has 0 radical (unpaired) electrons. The lowest BCUT2D eigenvalue weighted by atomic mass is 10.1. The molecule has 0 aliphatic carbocycles. The smallest absolute Gasteiger partial charge is 0.186 e. The standard InChI is InChI=1S/C13H19NO2S/c1-10-7-14(9-13(2,3)16-10)8-11(15)12-5-4-6-17-12/h4-6,10H,7-9H2,1-3H3. The van der Waals surface area contributed by atoms with Crippen molar-refractivity contribution in [1.29, 1.82) is 0 Å². The van der Waals surface area contributed by atoms with E-state index in [1.807, 2.05) is 17.5 Å². The maximum atomic E-state index is 12.0. The summed E-state index contributed by atoms with van der Waals surface area (Å²) in [5.41, 5.74) is -0.159. The van der Waals surface area contributed by atoms with E-state index < -0.39 is 0 Å². The summed E-state index contributed by atoms with van der Waals surface area (Å²) in [5.74, 6) is 0.213. The molecule has 4 heteroatoms. The largest absolute Gasteiger partial charge is 0.370 e. The molecular formula is C13H19NO2S. The van der Waals surface area contributed by atoms with Gasteiger partial charge in [0.05, 0.1) is 23.1 Å². The highest BCUT2D eigenvalue weighted by Crippen LogP contribution is 2.21. The molecule has 2 heterocycles. The Labute approximate surface area is 106 Å². The van der Waals surface area contributed by atoms with Crippen LogP contribution in [0.25, 0.3) is 0 Å². The Morgan fingerprint density at radius 3 is 3.00 bits per heavy atom. The fraction of sp³-hybridized carbons (Fsp3) is 0.615. The van der Waals surface area contributed by atoms with Crippen molar-refractivity contribution in [3.63, 3.8) is 0 Å². The molecule has 1 aliphatic rings. The van der Waals surface area contributed by atoms with Crippen LogP contribution in [0.3, 0.4) is 0 Å². The first-order chi connectivity index (χ1) is 7.96. The summed E-state index contributed by atoms with van der Waals surface area (Å²) in [6.45, 7) is 8.35. The lowest BCUT2D eigenvalue weighted by molar-refractivity contribution is -0.126. The third-order valence-corrected chi connectivity index (χ3v) is 3.71. The number of hydrogen-bond donors (Lipinski definition) is 0. The Kier molecular flexibility index (Phi) is 3.66. The molecule has 1 aliphatic heterocycles. The van der Waals surface area contributed by atoms with Crippen LogP contribution in [0.5, 0.6) is 0 Å². The van der Waals surface area contributed by atoms with Gasteiger partial charge in [-0.25, -0.2) is 0 Å². The molecule has 17 heavy (non-hydrogen) atoms. The minimum atomic E-state index is -0.159. The van der Waals surface area contributed by atoms with Gasteiger partial charge in [-0.15, -0.1) is 11.3 Å². The van der Waals surface area contributed by atoms with Crippen molar-refractivity contribution >= 4 is 17.1 Å². The molecule has 2 rings (SSSR count). The molecular weight excluding hydrogens is 234 g/mol. The van der Waals surface area contributed by atoms with Gasteiger partial charge in [-0.05, 0) is 32.2 Å². The van der Waals surface area contributed by atoms with Crippen LogP contribution < -0.4 is 0 Å². The number of rotatable bonds is 3. The zero-order valence-electron chi connectivity index (χ0n) is 10.6. The summed E-state index contributed by atoms with van der Waals surface area (Å²) in [6, 6.07) is 3.81. The van der Waals surface area contributed by atoms with Crippen molar-refractivity contribution in [3.05, 3.63) is 22.4 Å². The predicted octanol–water partition coefficient (Wildman–Crippen LogP) is 2.43. The van der Waals surface area contributed by atoms with Crippen molar-refractivity contribution < 1.29 is 9.53 Å². The first kappa shape index (κ1) is 12.7. The van der Waals surface area contributed by atoms with E-state index in [4.69, 9.17) is 4.74 Å². The molecule has 1 saturated heterocycles. The molecule has 1 fully saturated rings. The number of nitrogens with zero attached hydrogens (tertiary/aromatic N) is 1. The van der Waals surface area contributed by atoms with E-state index in [-0.39, 0.29) is 17.5 Å². The summed E-state index contributed by atoms with van der Waals surface area (Å²) in [6.07, 6.45) is 0.190. The fourth-order valence-corrected chi connectivity index (χ4v) is 3.08. The molecule has 1 aromatic rings. The molecule has 1 unspecified atom stereocenters. The maximum absolute atomic E-state index is 12.0. The van der Waals surface area contributed by atoms with E-state index in [2.05, 4.69) is 25.7 Å². The lowest BCUT2D eigenvalue weighted by Gasteiger charge is -2.41. The summed E-state index contributed by atoms with van der Waals surface area (Å²) in [7, 11) is 0. The van der Waals surface area contributed by atoms with Gasteiger partial charge in [0.25, 0.3) is 0 Å². The second-order valence-corrected chi connectivity index (χ2v) is 6.21. The molecule has 0 bridgehead atoms. The maximum Gasteiger partial charge on any atom is 0.186 e. The summed E-state index contributed by atoms with van der Waals surface area (Å²) < 4.78 is 5.83. The van der Waals surface area contributed by atoms with Gasteiger partial charge in [0.1, 0.15) is 0 Å². The average molecular weight is 253 g/mol. The van der Waals surface area contributed by atoms with Crippen molar-refractivity contribution in [2.24, 2.45) is 0 Å². The Bertz CT molecular complexity index is 386. The highest BCUT2D eigenvalue weighted by molar-refractivity contribution is 7.12. The molecule has 0 N–H and O–H groups in total. The number of ether oxygens (including phenoxy) is 1. The highest BCUT2D eigenvalue weighted by atomic mass is 32.1. The number of morpholine rings is 1. The minimum Gasteiger partial charge on any atom is -0.370 e. The van der Waals surface area contributed by atoms with E-state index in [1.165, 1.54) is 11.3 Å². The van der Waals surface area contributed by atoms with Crippen molar-refractivity contribution in [2.45, 2.75) is 32.5 Å². The van der Waals surface area contributed by atoms with E-state index in [0.29, 0.717) is 6.54 Å². The third-order valence-electron chi connectivity index (χ3n) is 2.80. The van der Waals surface area contributed by atoms with Crippen LogP contribution in [-0.4, -0.2) is 42.0 Å². The molecule has 1 aromatic heterocycles. The normalized spacial score (nSPS) is 24.8. The molecule has 0 amide bonds. The first-order valence-corrected chi connectivity index (χ1v) is 6.81. The van der Waals surface area contributed by atoms with Gasteiger partial charge in [-0.2, -0.15) is 0 Å². The first-order valence-electron chi connectivity index (χ1n) is 5.93. The van der Waals surface area contributed by atoms with E-state index in [9.17, 15) is 4.79 Å². The number of carbonyl (C=O) groups is 1. The summed E-state index contributed by atoms with van der Waals surface area (Å²) >= 11 is 1.51. The Morgan fingerprint density at radius 1 is 1.65 bits per heavy atom. The highest BCUT2D eigenvalue weighted by Gasteiger charge is 2.32. The fourth-order valence-electron chi connectivity index (χ4n) is 2.42. The Balaban J connectivity index is 1.97. The number of Topliss-reactive ketones (excluding diaryl/α,β-unsaturated/α-hetero) is 1. The predicted molar refractivity (Wildman–Crippen MR) is 69.7 cm³/mol. The van der Waals surface area contributed by atoms with Gasteiger partial charge >= 0.3 is 0 Å². The number of hydrogen-bond acceptors (Lipinski definition) is 4. The number of ketones is 1. The van der Waals surface area contributed by atoms with Crippen molar-refractivity contribution in [1.82, 2.24) is 4.90 Å². The topological polar surface area (TPSA) is 29.5 Å². The SMILES string of the molecule is CC1CN(CC(=O)c2cccs2)CC(C)(C)O1. The van der Waals surface area contributed by atoms with Crippen LogP contribution in [0.15, 0.2) is 17.5 Å².